The Morgan fingerprint density at radius 1 is 0.517 bits per heavy atom. The standard InChI is InChI=1S/C52H95NO5/c1-4-7-10-13-16-19-22-24-25-27-30-33-36-39-42-45-52(57)58-48(43-40-37-34-31-29-26-23-20-17-14-11-8-5-2)46-51(56)53-49(47-54)50(55)44-41-38-35-32-28-21-18-15-12-9-6-3/h8,11,14,17,20,23,26,29,48-50,54-55H,4-7,9-10,12-13,15-16,18-19,21-22,24-25,27-28,30-47H2,1-3H3,(H,53,56)/b11-8+,17-14+,23-20+,29-26-. The summed E-state index contributed by atoms with van der Waals surface area (Å²) in [4.78, 5) is 26.1. The molecule has 0 saturated heterocycles. The molecule has 0 aliphatic heterocycles. The smallest absolute Gasteiger partial charge is 0.306 e. The average molecular weight is 814 g/mol. The van der Waals surface area contributed by atoms with Gasteiger partial charge in [-0.1, -0.05) is 236 Å². The molecule has 3 atom stereocenters. The number of hydrogen-bond acceptors (Lipinski definition) is 5. The van der Waals surface area contributed by atoms with Crippen LogP contribution >= 0.6 is 0 Å². The van der Waals surface area contributed by atoms with Crippen LogP contribution in [0.4, 0.5) is 0 Å². The number of esters is 1. The molecule has 0 spiro atoms. The monoisotopic (exact) mass is 814 g/mol. The molecule has 0 aliphatic carbocycles. The summed E-state index contributed by atoms with van der Waals surface area (Å²) in [5, 5.41) is 23.7. The summed E-state index contributed by atoms with van der Waals surface area (Å²) in [5.74, 6) is -0.507. The van der Waals surface area contributed by atoms with E-state index in [0.717, 1.165) is 70.6 Å². The average Bonchev–Trinajstić information content (AvgIpc) is 3.22. The molecule has 58 heavy (non-hydrogen) atoms. The molecule has 0 radical (unpaired) electrons. The first-order chi connectivity index (χ1) is 28.5. The number of nitrogens with one attached hydrogen (secondary N) is 1. The quantitative estimate of drug-likeness (QED) is 0.0323. The van der Waals surface area contributed by atoms with Gasteiger partial charge in [-0.15, -0.1) is 0 Å². The number of amides is 1. The second kappa shape index (κ2) is 45.9. The van der Waals surface area contributed by atoms with Crippen LogP contribution in [-0.2, 0) is 14.3 Å². The highest BCUT2D eigenvalue weighted by molar-refractivity contribution is 5.77. The maximum absolute atomic E-state index is 13.2. The van der Waals surface area contributed by atoms with Gasteiger partial charge in [0, 0.05) is 6.42 Å². The van der Waals surface area contributed by atoms with E-state index in [4.69, 9.17) is 4.74 Å². The van der Waals surface area contributed by atoms with Gasteiger partial charge >= 0.3 is 5.97 Å². The van der Waals surface area contributed by atoms with Gasteiger partial charge in [0.25, 0.3) is 0 Å². The minimum atomic E-state index is -0.796. The van der Waals surface area contributed by atoms with Crippen molar-refractivity contribution in [1.82, 2.24) is 5.32 Å². The Hall–Kier alpha value is -2.18. The third-order valence-corrected chi connectivity index (χ3v) is 11.3. The molecule has 0 bridgehead atoms. The molecule has 3 N–H and O–H groups in total. The van der Waals surface area contributed by atoms with Gasteiger partial charge in [0.15, 0.2) is 0 Å². The normalized spacial score (nSPS) is 13.7. The molecule has 0 fully saturated rings. The summed E-state index contributed by atoms with van der Waals surface area (Å²) in [6, 6.07) is -0.712. The lowest BCUT2D eigenvalue weighted by atomic mass is 10.0. The summed E-state index contributed by atoms with van der Waals surface area (Å²) < 4.78 is 5.91. The van der Waals surface area contributed by atoms with Gasteiger partial charge in [0.1, 0.15) is 6.10 Å². The van der Waals surface area contributed by atoms with Crippen molar-refractivity contribution in [2.24, 2.45) is 0 Å². The molecule has 0 rings (SSSR count). The Labute approximate surface area is 359 Å². The topological polar surface area (TPSA) is 95.9 Å². The van der Waals surface area contributed by atoms with Crippen LogP contribution in [0, 0.1) is 0 Å². The Morgan fingerprint density at radius 3 is 1.41 bits per heavy atom. The molecule has 3 unspecified atom stereocenters. The molecule has 0 heterocycles. The number of aliphatic hydroxyl groups excluding tert-OH is 2. The number of unbranched alkanes of at least 4 members (excludes halogenated alkanes) is 27. The molecule has 338 valence electrons. The second-order valence-corrected chi connectivity index (χ2v) is 16.9. The molecule has 0 aliphatic rings. The van der Waals surface area contributed by atoms with E-state index in [1.54, 1.807) is 0 Å². The van der Waals surface area contributed by atoms with Crippen molar-refractivity contribution in [2.75, 3.05) is 6.61 Å². The van der Waals surface area contributed by atoms with E-state index in [-0.39, 0.29) is 24.9 Å². The molecule has 0 aromatic carbocycles. The first-order valence-electron chi connectivity index (χ1n) is 24.9. The first kappa shape index (κ1) is 55.8. The zero-order valence-electron chi connectivity index (χ0n) is 38.4. The lowest BCUT2D eigenvalue weighted by Gasteiger charge is -2.24. The zero-order chi connectivity index (χ0) is 42.4. The van der Waals surface area contributed by atoms with Crippen molar-refractivity contribution < 1.29 is 24.5 Å². The van der Waals surface area contributed by atoms with Crippen molar-refractivity contribution in [3.8, 4) is 0 Å². The van der Waals surface area contributed by atoms with Crippen LogP contribution in [0.5, 0.6) is 0 Å². The summed E-state index contributed by atoms with van der Waals surface area (Å²) in [7, 11) is 0. The molecular formula is C52H95NO5. The zero-order valence-corrected chi connectivity index (χ0v) is 38.4. The van der Waals surface area contributed by atoms with Gasteiger partial charge in [0.05, 0.1) is 25.2 Å². The minimum absolute atomic E-state index is 0.0535. The van der Waals surface area contributed by atoms with Crippen LogP contribution in [0.1, 0.15) is 245 Å². The van der Waals surface area contributed by atoms with Gasteiger partial charge < -0.3 is 20.3 Å². The Bertz CT molecular complexity index is 1000. The number of allylic oxidation sites excluding steroid dienone is 8. The SMILES string of the molecule is CC/C=C/C=C/C=C/C=C\CCCCCC(CC(=O)NC(CO)C(O)CCCCCCCCCCCCC)OC(=O)CCCCCCCCCCCCCCCCC. The molecule has 0 saturated carbocycles. The van der Waals surface area contributed by atoms with Gasteiger partial charge in [0.2, 0.25) is 5.91 Å². The first-order valence-corrected chi connectivity index (χ1v) is 24.9. The predicted octanol–water partition coefficient (Wildman–Crippen LogP) is 14.7. The van der Waals surface area contributed by atoms with Crippen molar-refractivity contribution in [3.63, 3.8) is 0 Å². The molecule has 6 nitrogen and oxygen atoms in total. The fourth-order valence-electron chi connectivity index (χ4n) is 7.50. The Balaban J connectivity index is 4.62. The van der Waals surface area contributed by atoms with Crippen LogP contribution in [0.15, 0.2) is 48.6 Å². The lowest BCUT2D eigenvalue weighted by Crippen LogP contribution is -2.46. The van der Waals surface area contributed by atoms with E-state index in [1.165, 1.54) is 128 Å². The van der Waals surface area contributed by atoms with Crippen LogP contribution in [0.2, 0.25) is 0 Å². The number of aliphatic hydroxyl groups is 2. The summed E-state index contributed by atoms with van der Waals surface area (Å²) >= 11 is 0. The number of hydrogen-bond donors (Lipinski definition) is 3. The maximum Gasteiger partial charge on any atom is 0.306 e. The molecular weight excluding hydrogens is 719 g/mol. The Kier molecular flexibility index (Phi) is 44.2. The molecule has 6 heteroatoms. The summed E-state index contributed by atoms with van der Waals surface area (Å²) in [6.45, 7) is 6.33. The third-order valence-electron chi connectivity index (χ3n) is 11.3. The van der Waals surface area contributed by atoms with E-state index in [1.807, 2.05) is 24.3 Å². The Morgan fingerprint density at radius 2 is 0.931 bits per heavy atom. The minimum Gasteiger partial charge on any atom is -0.462 e. The van der Waals surface area contributed by atoms with Gasteiger partial charge in [-0.3, -0.25) is 9.59 Å². The van der Waals surface area contributed by atoms with E-state index in [2.05, 4.69) is 50.4 Å². The van der Waals surface area contributed by atoms with Crippen LogP contribution in [0.25, 0.3) is 0 Å². The van der Waals surface area contributed by atoms with Crippen molar-refractivity contribution in [1.29, 1.82) is 0 Å². The molecule has 1 amide bonds. The molecule has 0 aromatic rings. The summed E-state index contributed by atoms with van der Waals surface area (Å²) in [6.07, 6.45) is 54.6. The van der Waals surface area contributed by atoms with Crippen LogP contribution in [0.3, 0.4) is 0 Å². The molecule has 0 aromatic heterocycles. The number of carbonyl (C=O) groups excluding carboxylic acids is 2. The highest BCUT2D eigenvalue weighted by atomic mass is 16.5. The van der Waals surface area contributed by atoms with Gasteiger partial charge in [-0.05, 0) is 44.9 Å². The number of ether oxygens (including phenoxy) is 1. The van der Waals surface area contributed by atoms with Gasteiger partial charge in [-0.2, -0.15) is 0 Å². The maximum atomic E-state index is 13.2. The highest BCUT2D eigenvalue weighted by Gasteiger charge is 2.24. The highest BCUT2D eigenvalue weighted by Crippen LogP contribution is 2.18. The predicted molar refractivity (Wildman–Crippen MR) is 250 cm³/mol. The fraction of sp³-hybridized carbons (Fsp3) is 0.808. The van der Waals surface area contributed by atoms with E-state index >= 15 is 0 Å². The van der Waals surface area contributed by atoms with E-state index in [9.17, 15) is 19.8 Å². The fourth-order valence-corrected chi connectivity index (χ4v) is 7.50. The lowest BCUT2D eigenvalue weighted by molar-refractivity contribution is -0.151. The van der Waals surface area contributed by atoms with E-state index < -0.39 is 18.2 Å². The largest absolute Gasteiger partial charge is 0.462 e. The van der Waals surface area contributed by atoms with E-state index in [0.29, 0.717) is 19.3 Å². The van der Waals surface area contributed by atoms with Crippen LogP contribution in [-0.4, -0.2) is 46.9 Å². The van der Waals surface area contributed by atoms with Crippen molar-refractivity contribution in [3.05, 3.63) is 48.6 Å². The number of carbonyl (C=O) groups is 2. The van der Waals surface area contributed by atoms with Gasteiger partial charge in [-0.25, -0.2) is 0 Å². The summed E-state index contributed by atoms with van der Waals surface area (Å²) in [5.41, 5.74) is 0. The van der Waals surface area contributed by atoms with Crippen molar-refractivity contribution >= 4 is 11.9 Å². The second-order valence-electron chi connectivity index (χ2n) is 16.9. The number of rotatable bonds is 44. The van der Waals surface area contributed by atoms with Crippen molar-refractivity contribution in [2.45, 2.75) is 264 Å². The third kappa shape index (κ3) is 40.6. The van der Waals surface area contributed by atoms with Crippen LogP contribution < -0.4 is 5.32 Å².